The summed E-state index contributed by atoms with van der Waals surface area (Å²) in [5.74, 6) is 0. The first kappa shape index (κ1) is 32.9. The first-order valence-electron chi connectivity index (χ1n) is 19.6. The van der Waals surface area contributed by atoms with Crippen molar-refractivity contribution in [2.45, 2.75) is 0 Å². The molecule has 0 amide bonds. The molecular formula is C56H36O. The number of hydrogen-bond donors (Lipinski definition) is 0. The normalized spacial score (nSPS) is 11.5. The molecule has 0 fully saturated rings. The molecule has 0 saturated carbocycles. The molecule has 0 aliphatic heterocycles. The van der Waals surface area contributed by atoms with Crippen LogP contribution in [0.3, 0.4) is 0 Å². The van der Waals surface area contributed by atoms with Gasteiger partial charge in [0.05, 0.1) is 0 Å². The number of rotatable bonds is 6. The summed E-state index contributed by atoms with van der Waals surface area (Å²) in [5, 5.41) is 7.13. The first-order chi connectivity index (χ1) is 28.3. The van der Waals surface area contributed by atoms with Gasteiger partial charge in [-0.15, -0.1) is 0 Å². The summed E-state index contributed by atoms with van der Waals surface area (Å²) in [6.07, 6.45) is 0. The average Bonchev–Trinajstić information content (AvgIpc) is 3.67. The summed E-state index contributed by atoms with van der Waals surface area (Å²) in [5.41, 5.74) is 16.2. The summed E-state index contributed by atoms with van der Waals surface area (Å²) in [6, 6.07) is 79.2. The fourth-order valence-corrected chi connectivity index (χ4v) is 8.96. The molecule has 0 saturated heterocycles. The Bertz CT molecular complexity index is 3220. The molecule has 0 spiro atoms. The lowest BCUT2D eigenvalue weighted by Crippen LogP contribution is -1.96. The number of para-hydroxylation sites is 1. The van der Waals surface area contributed by atoms with E-state index in [4.69, 9.17) is 4.42 Å². The van der Waals surface area contributed by atoms with E-state index in [0.29, 0.717) is 0 Å². The van der Waals surface area contributed by atoms with Crippen molar-refractivity contribution in [1.82, 2.24) is 0 Å². The van der Waals surface area contributed by atoms with Gasteiger partial charge in [-0.1, -0.05) is 194 Å². The van der Waals surface area contributed by atoms with E-state index in [2.05, 4.69) is 212 Å². The van der Waals surface area contributed by atoms with Gasteiger partial charge in [0.25, 0.3) is 0 Å². The van der Waals surface area contributed by atoms with Crippen LogP contribution in [-0.2, 0) is 0 Å². The predicted octanol–water partition coefficient (Wildman–Crippen LogP) is 15.9. The number of furan rings is 1. The van der Waals surface area contributed by atoms with Crippen LogP contribution in [0.5, 0.6) is 0 Å². The minimum atomic E-state index is 0.894. The highest BCUT2D eigenvalue weighted by Gasteiger charge is 2.24. The highest BCUT2D eigenvalue weighted by molar-refractivity contribution is 6.24. The van der Waals surface area contributed by atoms with Crippen molar-refractivity contribution in [3.05, 3.63) is 218 Å². The lowest BCUT2D eigenvalue weighted by molar-refractivity contribution is 0.669. The molecule has 57 heavy (non-hydrogen) atoms. The Balaban J connectivity index is 1.26. The Morgan fingerprint density at radius 1 is 0.211 bits per heavy atom. The maximum absolute atomic E-state index is 6.32. The van der Waals surface area contributed by atoms with E-state index in [9.17, 15) is 0 Å². The molecule has 0 aliphatic carbocycles. The van der Waals surface area contributed by atoms with Crippen molar-refractivity contribution in [2.75, 3.05) is 0 Å². The van der Waals surface area contributed by atoms with E-state index in [-0.39, 0.29) is 0 Å². The zero-order chi connectivity index (χ0) is 37.7. The molecule has 10 aromatic carbocycles. The lowest BCUT2D eigenvalue weighted by atomic mass is 9.80. The van der Waals surface area contributed by atoms with Crippen LogP contribution in [0.15, 0.2) is 223 Å². The van der Waals surface area contributed by atoms with Gasteiger partial charge in [0, 0.05) is 10.8 Å². The van der Waals surface area contributed by atoms with Crippen LogP contribution in [0.4, 0.5) is 0 Å². The standard InChI is InChI=1S/C56H36O/c1-3-17-37(18-4-1)39-21-15-22-41(35-39)54-47-26-9-11-28-49(47)56(50-29-12-10-27-48(50)54)55-43(40-33-34-53-51(36-40)45-25-13-14-32-52(45)57-53)30-16-31-46(55)44-24-8-7-23-42(44)38-19-5-2-6-20-38/h1-36H. The van der Waals surface area contributed by atoms with Crippen LogP contribution in [0.2, 0.25) is 0 Å². The molecule has 0 radical (unpaired) electrons. The minimum absolute atomic E-state index is 0.894. The fraction of sp³-hybridized carbons (Fsp3) is 0. The van der Waals surface area contributed by atoms with Gasteiger partial charge < -0.3 is 4.42 Å². The summed E-state index contributed by atoms with van der Waals surface area (Å²) in [4.78, 5) is 0. The summed E-state index contributed by atoms with van der Waals surface area (Å²) in [7, 11) is 0. The summed E-state index contributed by atoms with van der Waals surface area (Å²) < 4.78 is 6.32. The summed E-state index contributed by atoms with van der Waals surface area (Å²) in [6.45, 7) is 0. The average molecular weight is 725 g/mol. The van der Waals surface area contributed by atoms with Gasteiger partial charge in [0.1, 0.15) is 11.2 Å². The second-order valence-electron chi connectivity index (χ2n) is 14.7. The smallest absolute Gasteiger partial charge is 0.135 e. The van der Waals surface area contributed by atoms with Crippen LogP contribution < -0.4 is 0 Å². The zero-order valence-electron chi connectivity index (χ0n) is 31.2. The molecule has 266 valence electrons. The van der Waals surface area contributed by atoms with Crippen LogP contribution >= 0.6 is 0 Å². The van der Waals surface area contributed by atoms with Crippen LogP contribution in [-0.4, -0.2) is 0 Å². The molecule has 11 aromatic rings. The van der Waals surface area contributed by atoms with Gasteiger partial charge in [0.15, 0.2) is 0 Å². The van der Waals surface area contributed by atoms with E-state index < -0.39 is 0 Å². The van der Waals surface area contributed by atoms with E-state index in [0.717, 1.165) is 27.5 Å². The minimum Gasteiger partial charge on any atom is -0.456 e. The second kappa shape index (κ2) is 13.7. The van der Waals surface area contributed by atoms with Crippen molar-refractivity contribution in [3.63, 3.8) is 0 Å². The second-order valence-corrected chi connectivity index (χ2v) is 14.7. The Kier molecular flexibility index (Phi) is 7.89. The third kappa shape index (κ3) is 5.55. The third-order valence-corrected chi connectivity index (χ3v) is 11.5. The number of fused-ring (bicyclic) bond motifs is 5. The van der Waals surface area contributed by atoms with E-state index >= 15 is 0 Å². The highest BCUT2D eigenvalue weighted by atomic mass is 16.3. The van der Waals surface area contributed by atoms with Gasteiger partial charge in [-0.05, 0) is 113 Å². The molecular weight excluding hydrogens is 689 g/mol. The zero-order valence-corrected chi connectivity index (χ0v) is 31.2. The maximum atomic E-state index is 6.32. The van der Waals surface area contributed by atoms with E-state index in [1.165, 1.54) is 82.7 Å². The molecule has 1 aromatic heterocycles. The molecule has 1 nitrogen and oxygen atoms in total. The molecule has 0 N–H and O–H groups in total. The molecule has 0 unspecified atom stereocenters. The molecule has 11 rings (SSSR count). The molecule has 0 atom stereocenters. The third-order valence-electron chi connectivity index (χ3n) is 11.5. The van der Waals surface area contributed by atoms with Crippen LogP contribution in [0.1, 0.15) is 0 Å². The SMILES string of the molecule is c1ccc(-c2cccc(-c3c4ccccc4c(-c4c(-c5ccc6oc7ccccc7c6c5)cccc4-c4ccccc4-c4ccccc4)c4ccccc34)c2)cc1. The van der Waals surface area contributed by atoms with Crippen molar-refractivity contribution < 1.29 is 4.42 Å². The molecule has 1 heteroatoms. The van der Waals surface area contributed by atoms with E-state index in [1.807, 2.05) is 6.07 Å². The van der Waals surface area contributed by atoms with E-state index in [1.54, 1.807) is 0 Å². The largest absolute Gasteiger partial charge is 0.456 e. The van der Waals surface area contributed by atoms with Crippen LogP contribution in [0, 0.1) is 0 Å². The van der Waals surface area contributed by atoms with Gasteiger partial charge in [-0.2, -0.15) is 0 Å². The number of benzene rings is 10. The highest BCUT2D eigenvalue weighted by Crippen LogP contribution is 2.51. The van der Waals surface area contributed by atoms with Gasteiger partial charge in [0.2, 0.25) is 0 Å². The Labute approximate surface area is 331 Å². The topological polar surface area (TPSA) is 13.1 Å². The van der Waals surface area contributed by atoms with Gasteiger partial charge >= 0.3 is 0 Å². The Morgan fingerprint density at radius 3 is 1.42 bits per heavy atom. The van der Waals surface area contributed by atoms with Crippen molar-refractivity contribution in [3.8, 4) is 66.8 Å². The maximum Gasteiger partial charge on any atom is 0.135 e. The Morgan fingerprint density at radius 2 is 0.702 bits per heavy atom. The molecule has 1 heterocycles. The number of hydrogen-bond acceptors (Lipinski definition) is 1. The van der Waals surface area contributed by atoms with Crippen molar-refractivity contribution in [2.24, 2.45) is 0 Å². The Hall–Kier alpha value is -7.48. The molecule has 0 bridgehead atoms. The lowest BCUT2D eigenvalue weighted by Gasteiger charge is -2.23. The van der Waals surface area contributed by atoms with Crippen molar-refractivity contribution in [1.29, 1.82) is 0 Å². The van der Waals surface area contributed by atoms with Crippen LogP contribution in [0.25, 0.3) is 110 Å². The van der Waals surface area contributed by atoms with Crippen molar-refractivity contribution >= 4 is 43.5 Å². The van der Waals surface area contributed by atoms with Gasteiger partial charge in [-0.25, -0.2) is 0 Å². The fourth-order valence-electron chi connectivity index (χ4n) is 8.96. The quantitative estimate of drug-likeness (QED) is 0.156. The van der Waals surface area contributed by atoms with Gasteiger partial charge in [-0.3, -0.25) is 0 Å². The monoisotopic (exact) mass is 724 g/mol. The molecule has 0 aliphatic rings. The predicted molar refractivity (Wildman–Crippen MR) is 241 cm³/mol. The summed E-state index contributed by atoms with van der Waals surface area (Å²) >= 11 is 0. The first-order valence-corrected chi connectivity index (χ1v) is 19.6.